The number of hydrogen-bond donors (Lipinski definition) is 1. The average Bonchev–Trinajstić information content (AvgIpc) is 2.69. The van der Waals surface area contributed by atoms with Gasteiger partial charge in [0.1, 0.15) is 11.5 Å². The zero-order chi connectivity index (χ0) is 16.7. The van der Waals surface area contributed by atoms with Gasteiger partial charge in [-0.05, 0) is 43.2 Å². The number of benzene rings is 1. The summed E-state index contributed by atoms with van der Waals surface area (Å²) in [5, 5.41) is 2.65. The second-order valence-electron chi connectivity index (χ2n) is 5.27. The van der Waals surface area contributed by atoms with Crippen LogP contribution in [0.5, 0.6) is 0 Å². The molecule has 0 aliphatic heterocycles. The number of sulfone groups is 1. The Hall–Kier alpha value is -2.15. The van der Waals surface area contributed by atoms with Crippen molar-refractivity contribution in [2.75, 3.05) is 11.6 Å². The van der Waals surface area contributed by atoms with Crippen LogP contribution < -0.4 is 5.32 Å². The summed E-state index contributed by atoms with van der Waals surface area (Å²) in [6, 6.07) is 4.24. The zero-order valence-corrected chi connectivity index (χ0v) is 13.6. The van der Waals surface area contributed by atoms with Crippen molar-refractivity contribution < 1.29 is 17.6 Å². The second kappa shape index (κ2) is 5.57. The lowest BCUT2D eigenvalue weighted by Crippen LogP contribution is -2.17. The van der Waals surface area contributed by atoms with Gasteiger partial charge in [0.25, 0.3) is 5.91 Å². The number of anilines is 1. The van der Waals surface area contributed by atoms with Crippen LogP contribution >= 0.6 is 0 Å². The van der Waals surface area contributed by atoms with Crippen LogP contribution in [-0.4, -0.2) is 25.1 Å². The fourth-order valence-electron chi connectivity index (χ4n) is 2.34. The van der Waals surface area contributed by atoms with E-state index in [2.05, 4.69) is 5.32 Å². The molecule has 1 aromatic heterocycles. The van der Waals surface area contributed by atoms with E-state index in [-0.39, 0.29) is 16.4 Å². The number of nitrogens with zero attached hydrogens (tertiary/aromatic N) is 1. The zero-order valence-electron chi connectivity index (χ0n) is 12.8. The van der Waals surface area contributed by atoms with Gasteiger partial charge in [-0.15, -0.1) is 0 Å². The molecule has 0 saturated carbocycles. The highest BCUT2D eigenvalue weighted by atomic mass is 32.2. The van der Waals surface area contributed by atoms with Gasteiger partial charge in [0.2, 0.25) is 0 Å². The van der Waals surface area contributed by atoms with Gasteiger partial charge < -0.3 is 9.88 Å². The molecule has 1 aromatic carbocycles. The molecule has 0 radical (unpaired) electrons. The number of aromatic nitrogens is 1. The van der Waals surface area contributed by atoms with Crippen molar-refractivity contribution in [3.05, 3.63) is 47.0 Å². The molecule has 0 spiro atoms. The monoisotopic (exact) mass is 324 g/mol. The first-order valence-corrected chi connectivity index (χ1v) is 8.44. The quantitative estimate of drug-likeness (QED) is 0.943. The van der Waals surface area contributed by atoms with Crippen LogP contribution in [0.1, 0.15) is 21.6 Å². The number of aryl methyl sites for hydroxylation is 2. The van der Waals surface area contributed by atoms with Crippen molar-refractivity contribution in [1.29, 1.82) is 0 Å². The summed E-state index contributed by atoms with van der Waals surface area (Å²) < 4.78 is 38.1. The van der Waals surface area contributed by atoms with Crippen molar-refractivity contribution >= 4 is 21.4 Å². The molecule has 118 valence electrons. The molecule has 0 bridgehead atoms. The lowest BCUT2D eigenvalue weighted by atomic mass is 10.2. The Labute approximate surface area is 128 Å². The first-order valence-electron chi connectivity index (χ1n) is 6.54. The van der Waals surface area contributed by atoms with E-state index in [4.69, 9.17) is 0 Å². The van der Waals surface area contributed by atoms with E-state index in [0.717, 1.165) is 6.26 Å². The highest BCUT2D eigenvalue weighted by Crippen LogP contribution is 2.22. The Balaban J connectivity index is 2.38. The molecular weight excluding hydrogens is 307 g/mol. The topological polar surface area (TPSA) is 68.2 Å². The molecule has 2 rings (SSSR count). The minimum absolute atomic E-state index is 0.121. The molecule has 0 fully saturated rings. The lowest BCUT2D eigenvalue weighted by Gasteiger charge is -2.08. The maximum atomic E-state index is 13.2. The fraction of sp³-hybridized carbons (Fsp3) is 0.267. The van der Waals surface area contributed by atoms with Crippen LogP contribution in [0.2, 0.25) is 0 Å². The molecule has 0 unspecified atom stereocenters. The summed E-state index contributed by atoms with van der Waals surface area (Å²) in [6.07, 6.45) is 2.51. The van der Waals surface area contributed by atoms with Gasteiger partial charge in [-0.3, -0.25) is 4.79 Å². The van der Waals surface area contributed by atoms with Crippen molar-refractivity contribution in [2.24, 2.45) is 7.05 Å². The molecule has 0 aliphatic rings. The predicted molar refractivity (Wildman–Crippen MR) is 82.4 cm³/mol. The second-order valence-corrected chi connectivity index (χ2v) is 7.25. The van der Waals surface area contributed by atoms with Gasteiger partial charge in [-0.2, -0.15) is 0 Å². The Morgan fingerprint density at radius 3 is 2.41 bits per heavy atom. The summed E-state index contributed by atoms with van der Waals surface area (Å²) in [5.41, 5.74) is 1.51. The molecule has 5 nitrogen and oxygen atoms in total. The summed E-state index contributed by atoms with van der Waals surface area (Å²) in [6.45, 7) is 3.18. The molecule has 1 amide bonds. The van der Waals surface area contributed by atoms with Gasteiger partial charge in [0, 0.05) is 25.2 Å². The Morgan fingerprint density at radius 1 is 1.27 bits per heavy atom. The number of halogens is 1. The minimum Gasteiger partial charge on any atom is -0.345 e. The SMILES string of the molecule is Cc1cc(NC(=O)c2c(C)c(S(C)(=O)=O)cn2C)ccc1F. The van der Waals surface area contributed by atoms with Crippen molar-refractivity contribution in [1.82, 2.24) is 4.57 Å². The van der Waals surface area contributed by atoms with Crippen LogP contribution in [-0.2, 0) is 16.9 Å². The van der Waals surface area contributed by atoms with E-state index in [9.17, 15) is 17.6 Å². The van der Waals surface area contributed by atoms with Crippen LogP contribution in [0.3, 0.4) is 0 Å². The number of hydrogen-bond acceptors (Lipinski definition) is 3. The number of carbonyl (C=O) groups excluding carboxylic acids is 1. The number of nitrogens with one attached hydrogen (secondary N) is 1. The van der Waals surface area contributed by atoms with Crippen LogP contribution in [0.4, 0.5) is 10.1 Å². The predicted octanol–water partition coefficient (Wildman–Crippen LogP) is 2.44. The highest BCUT2D eigenvalue weighted by molar-refractivity contribution is 7.90. The molecule has 1 N–H and O–H groups in total. The van der Waals surface area contributed by atoms with Gasteiger partial charge >= 0.3 is 0 Å². The van der Waals surface area contributed by atoms with Crippen LogP contribution in [0.25, 0.3) is 0 Å². The van der Waals surface area contributed by atoms with Gasteiger partial charge in [-0.25, -0.2) is 12.8 Å². The Kier molecular flexibility index (Phi) is 4.10. The molecule has 0 saturated heterocycles. The Bertz CT molecular complexity index is 854. The van der Waals surface area contributed by atoms with Crippen LogP contribution in [0.15, 0.2) is 29.3 Å². The van der Waals surface area contributed by atoms with Crippen LogP contribution in [0, 0.1) is 19.7 Å². The highest BCUT2D eigenvalue weighted by Gasteiger charge is 2.22. The van der Waals surface area contributed by atoms with Crippen molar-refractivity contribution in [3.8, 4) is 0 Å². The summed E-state index contributed by atoms with van der Waals surface area (Å²) in [4.78, 5) is 12.5. The van der Waals surface area contributed by atoms with E-state index in [1.807, 2.05) is 0 Å². The molecule has 1 heterocycles. The summed E-state index contributed by atoms with van der Waals surface area (Å²) >= 11 is 0. The van der Waals surface area contributed by atoms with Crippen molar-refractivity contribution in [3.63, 3.8) is 0 Å². The van der Waals surface area contributed by atoms with Gasteiger partial charge in [-0.1, -0.05) is 0 Å². The Morgan fingerprint density at radius 2 is 1.91 bits per heavy atom. The third-order valence-corrected chi connectivity index (χ3v) is 4.63. The van der Waals surface area contributed by atoms with E-state index < -0.39 is 15.7 Å². The average molecular weight is 324 g/mol. The minimum atomic E-state index is -3.40. The van der Waals surface area contributed by atoms with Gasteiger partial charge in [0.05, 0.1) is 4.90 Å². The molecule has 0 atom stereocenters. The number of amides is 1. The smallest absolute Gasteiger partial charge is 0.272 e. The number of carbonyl (C=O) groups is 1. The van der Waals surface area contributed by atoms with E-state index in [1.54, 1.807) is 20.9 Å². The molecule has 0 aliphatic carbocycles. The number of rotatable bonds is 3. The normalized spacial score (nSPS) is 11.5. The molecule has 22 heavy (non-hydrogen) atoms. The standard InChI is InChI=1S/C15H17FN2O3S/c1-9-7-11(5-6-12(9)16)17-15(19)14-10(2)13(8-18(14)3)22(4,20)21/h5-8H,1-4H3,(H,17,19). The molecular formula is C15H17FN2O3S. The van der Waals surface area contributed by atoms with E-state index in [0.29, 0.717) is 16.8 Å². The van der Waals surface area contributed by atoms with Gasteiger partial charge in [0.15, 0.2) is 9.84 Å². The van der Waals surface area contributed by atoms with E-state index >= 15 is 0 Å². The third-order valence-electron chi connectivity index (χ3n) is 3.42. The maximum absolute atomic E-state index is 13.2. The third kappa shape index (κ3) is 3.04. The first-order chi connectivity index (χ1) is 10.1. The summed E-state index contributed by atoms with van der Waals surface area (Å²) in [7, 11) is -1.80. The lowest BCUT2D eigenvalue weighted by molar-refractivity contribution is 0.101. The fourth-order valence-corrected chi connectivity index (χ4v) is 3.34. The van der Waals surface area contributed by atoms with E-state index in [1.165, 1.54) is 29.0 Å². The summed E-state index contributed by atoms with van der Waals surface area (Å²) in [5.74, 6) is -0.798. The largest absolute Gasteiger partial charge is 0.345 e. The van der Waals surface area contributed by atoms with Crippen molar-refractivity contribution in [2.45, 2.75) is 18.7 Å². The maximum Gasteiger partial charge on any atom is 0.272 e. The molecule has 7 heteroatoms. The molecule has 2 aromatic rings. The first kappa shape index (κ1) is 16.2.